The maximum absolute atomic E-state index is 12.5. The van der Waals surface area contributed by atoms with Crippen molar-refractivity contribution >= 4 is 34.8 Å². The van der Waals surface area contributed by atoms with Gasteiger partial charge in [0.25, 0.3) is 5.91 Å². The van der Waals surface area contributed by atoms with E-state index in [1.807, 2.05) is 12.1 Å². The lowest BCUT2D eigenvalue weighted by Crippen LogP contribution is -2.42. The third kappa shape index (κ3) is 5.08. The number of esters is 1. The van der Waals surface area contributed by atoms with E-state index in [1.165, 1.54) is 17.8 Å². The van der Waals surface area contributed by atoms with Crippen molar-refractivity contribution in [3.8, 4) is 10.6 Å². The second kappa shape index (κ2) is 8.85. The molecular weight excluding hydrogens is 384 g/mol. The van der Waals surface area contributed by atoms with Gasteiger partial charge in [-0.3, -0.25) is 4.79 Å². The molecule has 2 aromatic rings. The van der Waals surface area contributed by atoms with Crippen molar-refractivity contribution in [2.45, 2.75) is 58.1 Å². The van der Waals surface area contributed by atoms with Gasteiger partial charge in [-0.2, -0.15) is 0 Å². The lowest BCUT2D eigenvalue weighted by atomic mass is 9.95. The second-order valence-electron chi connectivity index (χ2n) is 6.83. The van der Waals surface area contributed by atoms with Crippen LogP contribution in [0.25, 0.3) is 10.6 Å². The lowest BCUT2D eigenvalue weighted by molar-refractivity contribution is -0.130. The fraction of sp³-hybridized carbons (Fsp3) is 0.450. The van der Waals surface area contributed by atoms with Crippen molar-refractivity contribution in [1.82, 2.24) is 10.3 Å². The van der Waals surface area contributed by atoms with Crippen molar-refractivity contribution in [3.05, 3.63) is 39.9 Å². The van der Waals surface area contributed by atoms with Crippen LogP contribution in [0.1, 0.15) is 54.4 Å². The van der Waals surface area contributed by atoms with Crippen LogP contribution >= 0.6 is 22.9 Å². The number of ether oxygens (including phenoxy) is 1. The minimum Gasteiger partial charge on any atom is -0.448 e. The number of benzene rings is 1. The summed E-state index contributed by atoms with van der Waals surface area (Å²) in [6.07, 6.45) is 4.62. The highest BCUT2D eigenvalue weighted by Crippen LogP contribution is 2.30. The number of rotatable bonds is 5. The zero-order valence-electron chi connectivity index (χ0n) is 15.5. The molecule has 1 heterocycles. The van der Waals surface area contributed by atoms with E-state index in [0.717, 1.165) is 31.2 Å². The highest BCUT2D eigenvalue weighted by molar-refractivity contribution is 7.17. The molecule has 1 amide bonds. The quantitative estimate of drug-likeness (QED) is 0.726. The van der Waals surface area contributed by atoms with Crippen LogP contribution < -0.4 is 5.32 Å². The first-order valence-corrected chi connectivity index (χ1v) is 10.4. The molecule has 1 saturated carbocycles. The molecule has 1 aromatic carbocycles. The van der Waals surface area contributed by atoms with Crippen LogP contribution in [0.15, 0.2) is 24.3 Å². The maximum atomic E-state index is 12.5. The average Bonchev–Trinajstić information content (AvgIpc) is 3.04. The maximum Gasteiger partial charge on any atom is 0.351 e. The largest absolute Gasteiger partial charge is 0.448 e. The zero-order valence-corrected chi connectivity index (χ0v) is 17.0. The summed E-state index contributed by atoms with van der Waals surface area (Å²) in [7, 11) is 0. The van der Waals surface area contributed by atoms with Crippen LogP contribution in [0.3, 0.4) is 0 Å². The van der Waals surface area contributed by atoms with Crippen LogP contribution in [0, 0.1) is 6.92 Å². The van der Waals surface area contributed by atoms with E-state index in [9.17, 15) is 9.59 Å². The van der Waals surface area contributed by atoms with E-state index >= 15 is 0 Å². The number of nitrogens with zero attached hydrogens (tertiary/aromatic N) is 1. The summed E-state index contributed by atoms with van der Waals surface area (Å²) >= 11 is 7.27. The summed E-state index contributed by atoms with van der Waals surface area (Å²) in [6, 6.07) is 7.50. The van der Waals surface area contributed by atoms with Gasteiger partial charge in [0.2, 0.25) is 0 Å². The molecule has 0 saturated heterocycles. The van der Waals surface area contributed by atoms with Gasteiger partial charge in [-0.1, -0.05) is 43.0 Å². The fourth-order valence-electron chi connectivity index (χ4n) is 3.16. The predicted octanol–water partition coefficient (Wildman–Crippen LogP) is 4.77. The van der Waals surface area contributed by atoms with Crippen molar-refractivity contribution in [2.75, 3.05) is 0 Å². The third-order valence-electron chi connectivity index (χ3n) is 4.66. The summed E-state index contributed by atoms with van der Waals surface area (Å²) in [5.41, 5.74) is 1.43. The van der Waals surface area contributed by atoms with Crippen LogP contribution in [0.5, 0.6) is 0 Å². The number of nitrogens with one attached hydrogen (secondary N) is 1. The first kappa shape index (κ1) is 19.8. The number of carbonyl (C=O) groups is 2. The van der Waals surface area contributed by atoms with E-state index in [1.54, 1.807) is 26.0 Å². The standard InChI is InChI=1S/C20H23ClN2O3S/c1-12-17(27-19(22-12)14-7-6-8-15(21)11-14)20(25)26-13(2)18(24)23-16-9-4-3-5-10-16/h6-8,11,13,16H,3-5,9-10H2,1-2H3,(H,23,24)/t13-/m0/s1. The van der Waals surface area contributed by atoms with E-state index in [0.29, 0.717) is 20.6 Å². The van der Waals surface area contributed by atoms with Crippen LogP contribution in [-0.2, 0) is 9.53 Å². The first-order valence-electron chi connectivity index (χ1n) is 9.19. The molecule has 5 nitrogen and oxygen atoms in total. The molecule has 0 bridgehead atoms. The molecule has 1 fully saturated rings. The molecule has 144 valence electrons. The number of carbonyl (C=O) groups excluding carboxylic acids is 2. The van der Waals surface area contributed by atoms with Crippen LogP contribution in [0.4, 0.5) is 0 Å². The van der Waals surface area contributed by atoms with Crippen LogP contribution in [0.2, 0.25) is 5.02 Å². The first-order chi connectivity index (χ1) is 12.9. The predicted molar refractivity (Wildman–Crippen MR) is 107 cm³/mol. The Morgan fingerprint density at radius 1 is 1.30 bits per heavy atom. The molecule has 1 atom stereocenters. The molecule has 1 aliphatic carbocycles. The normalized spacial score (nSPS) is 16.0. The van der Waals surface area contributed by atoms with E-state index in [-0.39, 0.29) is 11.9 Å². The smallest absolute Gasteiger partial charge is 0.351 e. The Hall–Kier alpha value is -1.92. The number of thiazole rings is 1. The summed E-state index contributed by atoms with van der Waals surface area (Å²) in [5.74, 6) is -0.767. The summed E-state index contributed by atoms with van der Waals surface area (Å²) in [6.45, 7) is 3.36. The fourth-order valence-corrected chi connectivity index (χ4v) is 4.30. The van der Waals surface area contributed by atoms with Gasteiger partial charge in [-0.15, -0.1) is 11.3 Å². The molecule has 0 spiro atoms. The number of hydrogen-bond acceptors (Lipinski definition) is 5. The highest BCUT2D eigenvalue weighted by atomic mass is 35.5. The van der Waals surface area contributed by atoms with Crippen molar-refractivity contribution < 1.29 is 14.3 Å². The minimum absolute atomic E-state index is 0.187. The highest BCUT2D eigenvalue weighted by Gasteiger charge is 2.25. The number of halogens is 1. The van der Waals surface area contributed by atoms with Crippen molar-refractivity contribution in [1.29, 1.82) is 0 Å². The second-order valence-corrected chi connectivity index (χ2v) is 8.27. The monoisotopic (exact) mass is 406 g/mol. The third-order valence-corrected chi connectivity index (χ3v) is 6.08. The van der Waals surface area contributed by atoms with Gasteiger partial charge in [-0.05, 0) is 38.8 Å². The molecule has 27 heavy (non-hydrogen) atoms. The number of aromatic nitrogens is 1. The van der Waals surface area contributed by atoms with Gasteiger partial charge < -0.3 is 10.1 Å². The molecule has 1 N–H and O–H groups in total. The SMILES string of the molecule is Cc1nc(-c2cccc(Cl)c2)sc1C(=O)O[C@@H](C)C(=O)NC1CCCCC1. The lowest BCUT2D eigenvalue weighted by Gasteiger charge is -2.24. The van der Waals surface area contributed by atoms with Crippen molar-refractivity contribution in [3.63, 3.8) is 0 Å². The average molecular weight is 407 g/mol. The van der Waals surface area contributed by atoms with Gasteiger partial charge in [0.05, 0.1) is 5.69 Å². The molecule has 0 unspecified atom stereocenters. The molecule has 0 aliphatic heterocycles. The van der Waals surface area contributed by atoms with Gasteiger partial charge in [0.15, 0.2) is 6.10 Å². The Morgan fingerprint density at radius 2 is 2.04 bits per heavy atom. The Kier molecular flexibility index (Phi) is 6.50. The van der Waals surface area contributed by atoms with Gasteiger partial charge in [-0.25, -0.2) is 9.78 Å². The van der Waals surface area contributed by atoms with Crippen LogP contribution in [-0.4, -0.2) is 29.0 Å². The van der Waals surface area contributed by atoms with E-state index < -0.39 is 12.1 Å². The van der Waals surface area contributed by atoms with E-state index in [2.05, 4.69) is 10.3 Å². The zero-order chi connectivity index (χ0) is 19.4. The molecule has 1 aliphatic rings. The van der Waals surface area contributed by atoms with Gasteiger partial charge >= 0.3 is 5.97 Å². The molecule has 3 rings (SSSR count). The number of amides is 1. The molecular formula is C20H23ClN2O3S. The van der Waals surface area contributed by atoms with E-state index in [4.69, 9.17) is 16.3 Å². The Labute approximate surface area is 168 Å². The Balaban J connectivity index is 1.64. The Morgan fingerprint density at radius 3 is 2.74 bits per heavy atom. The molecule has 7 heteroatoms. The van der Waals surface area contributed by atoms with Gasteiger partial charge in [0, 0.05) is 16.6 Å². The van der Waals surface area contributed by atoms with Gasteiger partial charge in [0.1, 0.15) is 9.88 Å². The van der Waals surface area contributed by atoms with Crippen molar-refractivity contribution in [2.24, 2.45) is 0 Å². The summed E-state index contributed by atoms with van der Waals surface area (Å²) in [4.78, 5) is 29.7. The minimum atomic E-state index is -0.837. The topological polar surface area (TPSA) is 68.3 Å². The summed E-state index contributed by atoms with van der Waals surface area (Å²) < 4.78 is 5.39. The summed E-state index contributed by atoms with van der Waals surface area (Å²) in [5, 5.41) is 4.29. The number of hydrogen-bond donors (Lipinski definition) is 1. The number of aryl methyl sites for hydroxylation is 1. The Bertz CT molecular complexity index is 830. The molecule has 1 aromatic heterocycles. The molecule has 0 radical (unpaired) electrons.